The molecule has 1 unspecified atom stereocenters. The Labute approximate surface area is 112 Å². The average molecular weight is 255 g/mol. The molecular weight excluding hydrogens is 238 g/mol. The Morgan fingerprint density at radius 1 is 1.42 bits per heavy atom. The minimum absolute atomic E-state index is 0.277. The van der Waals surface area contributed by atoms with Crippen LogP contribution >= 0.6 is 0 Å². The fourth-order valence-corrected chi connectivity index (χ4v) is 1.97. The molecule has 2 rings (SSSR count). The lowest BCUT2D eigenvalue weighted by Crippen LogP contribution is -2.07. The van der Waals surface area contributed by atoms with Crippen molar-refractivity contribution >= 4 is 16.7 Å². The monoisotopic (exact) mass is 255 g/mol. The smallest absolute Gasteiger partial charge is 0.127 e. The molecule has 0 saturated heterocycles. The molecule has 0 radical (unpaired) electrons. The van der Waals surface area contributed by atoms with Crippen LogP contribution < -0.4 is 5.32 Å². The molecule has 0 saturated carbocycles. The number of fused-ring (bicyclic) bond motifs is 1. The van der Waals surface area contributed by atoms with Crippen LogP contribution in [0.5, 0.6) is 0 Å². The number of pyridine rings is 1. The molecule has 1 aromatic heterocycles. The van der Waals surface area contributed by atoms with Crippen molar-refractivity contribution in [3.8, 4) is 6.07 Å². The van der Waals surface area contributed by atoms with E-state index >= 15 is 0 Å². The normalized spacial score (nSPS) is 12.1. The topological polar surface area (TPSA) is 68.9 Å². The van der Waals surface area contributed by atoms with Gasteiger partial charge in [0, 0.05) is 11.9 Å². The van der Waals surface area contributed by atoms with Gasteiger partial charge in [-0.2, -0.15) is 5.26 Å². The zero-order valence-corrected chi connectivity index (χ0v) is 10.9. The largest absolute Gasteiger partial charge is 0.393 e. The molecule has 1 aromatic carbocycles. The standard InChI is InChI=1S/C15H17N3O/c1-11(19)5-4-8-17-15-9-12(10-16)13-6-2-3-7-14(13)18-15/h2-3,6-7,9,11,19H,4-5,8H2,1H3,(H,17,18). The highest BCUT2D eigenvalue weighted by molar-refractivity contribution is 5.86. The Morgan fingerprint density at radius 2 is 2.21 bits per heavy atom. The number of nitriles is 1. The van der Waals surface area contributed by atoms with Crippen molar-refractivity contribution < 1.29 is 5.11 Å². The molecule has 0 amide bonds. The molecule has 0 spiro atoms. The number of rotatable bonds is 5. The van der Waals surface area contributed by atoms with Crippen molar-refractivity contribution in [1.82, 2.24) is 4.98 Å². The van der Waals surface area contributed by atoms with Gasteiger partial charge < -0.3 is 10.4 Å². The summed E-state index contributed by atoms with van der Waals surface area (Å²) in [5, 5.41) is 22.4. The minimum atomic E-state index is -0.277. The number of para-hydroxylation sites is 1. The number of hydrogen-bond acceptors (Lipinski definition) is 4. The molecule has 2 N–H and O–H groups in total. The van der Waals surface area contributed by atoms with E-state index in [1.807, 2.05) is 24.3 Å². The van der Waals surface area contributed by atoms with Gasteiger partial charge in [-0.25, -0.2) is 4.98 Å². The van der Waals surface area contributed by atoms with E-state index in [0.29, 0.717) is 11.4 Å². The second-order valence-electron chi connectivity index (χ2n) is 4.60. The molecule has 0 aliphatic rings. The predicted molar refractivity (Wildman–Crippen MR) is 75.9 cm³/mol. The molecule has 0 fully saturated rings. The molecular formula is C15H17N3O. The van der Waals surface area contributed by atoms with Gasteiger partial charge in [-0.3, -0.25) is 0 Å². The van der Waals surface area contributed by atoms with Crippen LogP contribution in [0, 0.1) is 11.3 Å². The highest BCUT2D eigenvalue weighted by Crippen LogP contribution is 2.19. The van der Waals surface area contributed by atoms with E-state index in [0.717, 1.165) is 30.3 Å². The number of aromatic nitrogens is 1. The SMILES string of the molecule is CC(O)CCCNc1cc(C#N)c2ccccc2n1. The van der Waals surface area contributed by atoms with Crippen molar-refractivity contribution in [2.45, 2.75) is 25.9 Å². The van der Waals surface area contributed by atoms with Crippen LogP contribution in [-0.2, 0) is 0 Å². The maximum atomic E-state index is 9.19. The summed E-state index contributed by atoms with van der Waals surface area (Å²) in [7, 11) is 0. The maximum absolute atomic E-state index is 9.19. The minimum Gasteiger partial charge on any atom is -0.393 e. The van der Waals surface area contributed by atoms with E-state index in [1.54, 1.807) is 13.0 Å². The van der Waals surface area contributed by atoms with Crippen LogP contribution in [0.4, 0.5) is 5.82 Å². The van der Waals surface area contributed by atoms with Crippen LogP contribution in [-0.4, -0.2) is 22.7 Å². The number of hydrogen-bond donors (Lipinski definition) is 2. The Hall–Kier alpha value is -2.12. The van der Waals surface area contributed by atoms with Crippen molar-refractivity contribution in [3.63, 3.8) is 0 Å². The fourth-order valence-electron chi connectivity index (χ4n) is 1.97. The summed E-state index contributed by atoms with van der Waals surface area (Å²) in [4.78, 5) is 4.48. The maximum Gasteiger partial charge on any atom is 0.127 e. The number of aliphatic hydroxyl groups is 1. The van der Waals surface area contributed by atoms with Gasteiger partial charge in [0.2, 0.25) is 0 Å². The van der Waals surface area contributed by atoms with Gasteiger partial charge in [-0.15, -0.1) is 0 Å². The summed E-state index contributed by atoms with van der Waals surface area (Å²) >= 11 is 0. The first-order chi connectivity index (χ1) is 9.20. The highest BCUT2D eigenvalue weighted by Gasteiger charge is 2.04. The first-order valence-electron chi connectivity index (χ1n) is 6.42. The summed E-state index contributed by atoms with van der Waals surface area (Å²) in [6.07, 6.45) is 1.35. The summed E-state index contributed by atoms with van der Waals surface area (Å²) in [6, 6.07) is 11.6. The average Bonchev–Trinajstić information content (AvgIpc) is 2.42. The molecule has 1 atom stereocenters. The van der Waals surface area contributed by atoms with Gasteiger partial charge in [0.15, 0.2) is 0 Å². The van der Waals surface area contributed by atoms with E-state index in [2.05, 4.69) is 16.4 Å². The second kappa shape index (κ2) is 6.17. The first kappa shape index (κ1) is 13.3. The summed E-state index contributed by atoms with van der Waals surface area (Å²) in [6.45, 7) is 2.52. The molecule has 2 aromatic rings. The lowest BCUT2D eigenvalue weighted by molar-refractivity contribution is 0.183. The van der Waals surface area contributed by atoms with Crippen LogP contribution in [0.1, 0.15) is 25.3 Å². The molecule has 0 bridgehead atoms. The number of nitrogens with one attached hydrogen (secondary N) is 1. The summed E-state index contributed by atoms with van der Waals surface area (Å²) in [5.74, 6) is 0.709. The van der Waals surface area contributed by atoms with Gasteiger partial charge in [-0.05, 0) is 31.9 Å². The summed E-state index contributed by atoms with van der Waals surface area (Å²) < 4.78 is 0. The molecule has 19 heavy (non-hydrogen) atoms. The fraction of sp³-hybridized carbons (Fsp3) is 0.333. The van der Waals surface area contributed by atoms with Crippen LogP contribution in [0.3, 0.4) is 0 Å². The van der Waals surface area contributed by atoms with E-state index in [-0.39, 0.29) is 6.10 Å². The van der Waals surface area contributed by atoms with Crippen LogP contribution in [0.2, 0.25) is 0 Å². The van der Waals surface area contributed by atoms with Crippen LogP contribution in [0.15, 0.2) is 30.3 Å². The lowest BCUT2D eigenvalue weighted by atomic mass is 10.1. The van der Waals surface area contributed by atoms with E-state index in [9.17, 15) is 5.11 Å². The quantitative estimate of drug-likeness (QED) is 0.806. The first-order valence-corrected chi connectivity index (χ1v) is 6.42. The van der Waals surface area contributed by atoms with Crippen molar-refractivity contribution in [1.29, 1.82) is 5.26 Å². The molecule has 4 nitrogen and oxygen atoms in total. The van der Waals surface area contributed by atoms with Gasteiger partial charge in [0.25, 0.3) is 0 Å². The molecule has 0 aliphatic carbocycles. The van der Waals surface area contributed by atoms with E-state index < -0.39 is 0 Å². The van der Waals surface area contributed by atoms with Crippen molar-refractivity contribution in [3.05, 3.63) is 35.9 Å². The lowest BCUT2D eigenvalue weighted by Gasteiger charge is -2.08. The number of anilines is 1. The van der Waals surface area contributed by atoms with Gasteiger partial charge in [-0.1, -0.05) is 18.2 Å². The van der Waals surface area contributed by atoms with E-state index in [4.69, 9.17) is 5.26 Å². The van der Waals surface area contributed by atoms with Gasteiger partial charge in [0.05, 0.1) is 23.3 Å². The van der Waals surface area contributed by atoms with E-state index in [1.165, 1.54) is 0 Å². The highest BCUT2D eigenvalue weighted by atomic mass is 16.3. The molecule has 98 valence electrons. The van der Waals surface area contributed by atoms with Crippen molar-refractivity contribution in [2.24, 2.45) is 0 Å². The number of benzene rings is 1. The van der Waals surface area contributed by atoms with Crippen molar-refractivity contribution in [2.75, 3.05) is 11.9 Å². The van der Waals surface area contributed by atoms with Gasteiger partial charge >= 0.3 is 0 Å². The van der Waals surface area contributed by atoms with Gasteiger partial charge in [0.1, 0.15) is 5.82 Å². The third kappa shape index (κ3) is 3.43. The second-order valence-corrected chi connectivity index (χ2v) is 4.60. The molecule has 0 aliphatic heterocycles. The van der Waals surface area contributed by atoms with Crippen LogP contribution in [0.25, 0.3) is 10.9 Å². The Bertz CT molecular complexity index is 602. The predicted octanol–water partition coefficient (Wildman–Crippen LogP) is 2.68. The Kier molecular flexibility index (Phi) is 4.32. The molecule has 1 heterocycles. The Balaban J connectivity index is 2.14. The Morgan fingerprint density at radius 3 is 2.95 bits per heavy atom. The molecule has 4 heteroatoms. The third-order valence-electron chi connectivity index (χ3n) is 2.94. The summed E-state index contributed by atoms with van der Waals surface area (Å²) in [5.41, 5.74) is 1.45. The zero-order chi connectivity index (χ0) is 13.7. The number of nitrogens with zero attached hydrogens (tertiary/aromatic N) is 2. The number of aliphatic hydroxyl groups excluding tert-OH is 1. The zero-order valence-electron chi connectivity index (χ0n) is 10.9. The third-order valence-corrected chi connectivity index (χ3v) is 2.94.